The van der Waals surface area contributed by atoms with Crippen molar-refractivity contribution in [3.05, 3.63) is 71.3 Å². The van der Waals surface area contributed by atoms with E-state index in [1.807, 2.05) is 12.1 Å². The molecular weight excluding hydrogens is 322 g/mol. The number of ether oxygens (including phenoxy) is 1. The third-order valence-corrected chi connectivity index (χ3v) is 5.59. The van der Waals surface area contributed by atoms with Gasteiger partial charge in [0.15, 0.2) is 11.5 Å². The standard InChI is InChI=1S/C23H25NO2/c1-16(7-8-17-9-12-22(25)23(13-17)26-2)24-14-19-11-10-18-5-3-4-6-20(18)21(19)15-24/h3-6,9-13,16,25H,7-8,14-15H2,1-2H3. The maximum Gasteiger partial charge on any atom is 0.160 e. The minimum atomic E-state index is 0.200. The Morgan fingerprint density at radius 3 is 2.77 bits per heavy atom. The minimum absolute atomic E-state index is 0.200. The Balaban J connectivity index is 1.45. The average Bonchev–Trinajstić information content (AvgIpc) is 3.12. The molecule has 0 aliphatic carbocycles. The predicted molar refractivity (Wildman–Crippen MR) is 106 cm³/mol. The van der Waals surface area contributed by atoms with Gasteiger partial charge in [-0.15, -0.1) is 0 Å². The highest BCUT2D eigenvalue weighted by molar-refractivity contribution is 5.87. The number of benzene rings is 3. The van der Waals surface area contributed by atoms with Crippen molar-refractivity contribution < 1.29 is 9.84 Å². The van der Waals surface area contributed by atoms with Gasteiger partial charge in [-0.05, 0) is 59.4 Å². The molecule has 3 aromatic carbocycles. The molecule has 3 aromatic rings. The van der Waals surface area contributed by atoms with E-state index in [9.17, 15) is 5.11 Å². The van der Waals surface area contributed by atoms with Crippen molar-refractivity contribution in [1.82, 2.24) is 4.90 Å². The number of fused-ring (bicyclic) bond motifs is 3. The fourth-order valence-corrected chi connectivity index (χ4v) is 3.94. The molecule has 1 atom stereocenters. The Hall–Kier alpha value is -2.52. The van der Waals surface area contributed by atoms with Crippen LogP contribution in [0.5, 0.6) is 11.5 Å². The summed E-state index contributed by atoms with van der Waals surface area (Å²) < 4.78 is 5.22. The highest BCUT2D eigenvalue weighted by Crippen LogP contribution is 2.32. The van der Waals surface area contributed by atoms with Gasteiger partial charge in [0.05, 0.1) is 7.11 Å². The van der Waals surface area contributed by atoms with Crippen molar-refractivity contribution in [2.45, 2.75) is 38.9 Å². The fraction of sp³-hybridized carbons (Fsp3) is 0.304. The summed E-state index contributed by atoms with van der Waals surface area (Å²) in [6, 6.07) is 19.3. The van der Waals surface area contributed by atoms with E-state index in [0.29, 0.717) is 11.8 Å². The molecule has 1 heterocycles. The maximum absolute atomic E-state index is 9.74. The lowest BCUT2D eigenvalue weighted by Gasteiger charge is -2.24. The van der Waals surface area contributed by atoms with Crippen LogP contribution in [0.15, 0.2) is 54.6 Å². The van der Waals surface area contributed by atoms with E-state index in [1.54, 1.807) is 13.2 Å². The largest absolute Gasteiger partial charge is 0.504 e. The first-order valence-electron chi connectivity index (χ1n) is 9.25. The molecule has 0 spiro atoms. The van der Waals surface area contributed by atoms with Crippen LogP contribution in [-0.2, 0) is 19.5 Å². The number of hydrogen-bond acceptors (Lipinski definition) is 3. The monoisotopic (exact) mass is 347 g/mol. The molecule has 0 radical (unpaired) electrons. The number of aryl methyl sites for hydroxylation is 1. The Morgan fingerprint density at radius 1 is 1.08 bits per heavy atom. The Morgan fingerprint density at radius 2 is 1.92 bits per heavy atom. The highest BCUT2D eigenvalue weighted by atomic mass is 16.5. The van der Waals surface area contributed by atoms with Gasteiger partial charge in [0.1, 0.15) is 0 Å². The summed E-state index contributed by atoms with van der Waals surface area (Å²) in [6.07, 6.45) is 2.06. The molecule has 0 amide bonds. The number of methoxy groups -OCH3 is 1. The number of phenols is 1. The molecule has 0 aromatic heterocycles. The lowest BCUT2D eigenvalue weighted by Crippen LogP contribution is -2.28. The van der Waals surface area contributed by atoms with E-state index in [1.165, 1.54) is 27.5 Å². The molecule has 26 heavy (non-hydrogen) atoms. The fourth-order valence-electron chi connectivity index (χ4n) is 3.94. The van der Waals surface area contributed by atoms with Gasteiger partial charge in [0, 0.05) is 19.1 Å². The van der Waals surface area contributed by atoms with Crippen molar-refractivity contribution in [3.8, 4) is 11.5 Å². The number of aromatic hydroxyl groups is 1. The van der Waals surface area contributed by atoms with E-state index in [-0.39, 0.29) is 5.75 Å². The number of phenolic OH excluding ortho intramolecular Hbond substituents is 1. The molecule has 1 unspecified atom stereocenters. The molecule has 0 saturated heterocycles. The first-order valence-corrected chi connectivity index (χ1v) is 9.25. The van der Waals surface area contributed by atoms with E-state index >= 15 is 0 Å². The van der Waals surface area contributed by atoms with Crippen LogP contribution in [0.2, 0.25) is 0 Å². The molecule has 1 N–H and O–H groups in total. The average molecular weight is 347 g/mol. The van der Waals surface area contributed by atoms with Gasteiger partial charge in [0.2, 0.25) is 0 Å². The molecular formula is C23H25NO2. The van der Waals surface area contributed by atoms with Crippen LogP contribution in [0.1, 0.15) is 30.0 Å². The van der Waals surface area contributed by atoms with E-state index in [0.717, 1.165) is 25.9 Å². The Bertz CT molecular complexity index is 935. The molecule has 1 aliphatic rings. The summed E-state index contributed by atoms with van der Waals surface area (Å²) in [5.41, 5.74) is 4.15. The molecule has 134 valence electrons. The summed E-state index contributed by atoms with van der Waals surface area (Å²) >= 11 is 0. The van der Waals surface area contributed by atoms with Crippen molar-refractivity contribution in [1.29, 1.82) is 0 Å². The van der Waals surface area contributed by atoms with Gasteiger partial charge in [-0.2, -0.15) is 0 Å². The zero-order valence-electron chi connectivity index (χ0n) is 15.4. The Labute approximate surface area is 154 Å². The van der Waals surface area contributed by atoms with E-state index in [4.69, 9.17) is 4.74 Å². The van der Waals surface area contributed by atoms with Crippen LogP contribution < -0.4 is 4.74 Å². The third kappa shape index (κ3) is 3.15. The number of nitrogens with zero attached hydrogens (tertiary/aromatic N) is 1. The summed E-state index contributed by atoms with van der Waals surface area (Å²) in [7, 11) is 1.59. The second kappa shape index (κ2) is 7.00. The van der Waals surface area contributed by atoms with E-state index in [2.05, 4.69) is 48.2 Å². The smallest absolute Gasteiger partial charge is 0.160 e. The minimum Gasteiger partial charge on any atom is -0.504 e. The highest BCUT2D eigenvalue weighted by Gasteiger charge is 2.24. The summed E-state index contributed by atoms with van der Waals surface area (Å²) in [5, 5.41) is 12.5. The van der Waals surface area contributed by atoms with Gasteiger partial charge in [-0.25, -0.2) is 0 Å². The maximum atomic E-state index is 9.74. The van der Waals surface area contributed by atoms with Gasteiger partial charge in [-0.1, -0.05) is 42.5 Å². The van der Waals surface area contributed by atoms with Crippen LogP contribution in [0.4, 0.5) is 0 Å². The molecule has 3 nitrogen and oxygen atoms in total. The molecule has 0 bridgehead atoms. The summed E-state index contributed by atoms with van der Waals surface area (Å²) in [6.45, 7) is 4.36. The predicted octanol–water partition coefficient (Wildman–Crippen LogP) is 4.89. The van der Waals surface area contributed by atoms with Crippen molar-refractivity contribution in [2.75, 3.05) is 7.11 Å². The first-order chi connectivity index (χ1) is 12.7. The molecule has 0 saturated carbocycles. The first kappa shape index (κ1) is 16.9. The third-order valence-electron chi connectivity index (χ3n) is 5.59. The summed E-state index contributed by atoms with van der Waals surface area (Å²) in [4.78, 5) is 2.56. The van der Waals surface area contributed by atoms with Gasteiger partial charge in [0.25, 0.3) is 0 Å². The topological polar surface area (TPSA) is 32.7 Å². The quantitative estimate of drug-likeness (QED) is 0.713. The van der Waals surface area contributed by atoms with Crippen molar-refractivity contribution in [2.24, 2.45) is 0 Å². The van der Waals surface area contributed by atoms with Crippen LogP contribution in [0.3, 0.4) is 0 Å². The van der Waals surface area contributed by atoms with Crippen molar-refractivity contribution in [3.63, 3.8) is 0 Å². The van der Waals surface area contributed by atoms with Gasteiger partial charge >= 0.3 is 0 Å². The van der Waals surface area contributed by atoms with Crippen molar-refractivity contribution >= 4 is 10.8 Å². The normalized spacial score (nSPS) is 15.2. The van der Waals surface area contributed by atoms with Crippen LogP contribution in [0.25, 0.3) is 10.8 Å². The Kier molecular flexibility index (Phi) is 4.56. The zero-order valence-corrected chi connectivity index (χ0v) is 15.4. The molecule has 4 rings (SSSR count). The molecule has 0 fully saturated rings. The van der Waals surface area contributed by atoms with Gasteiger partial charge < -0.3 is 9.84 Å². The summed E-state index contributed by atoms with van der Waals surface area (Å²) in [5.74, 6) is 0.751. The van der Waals surface area contributed by atoms with Crippen LogP contribution in [-0.4, -0.2) is 23.2 Å². The number of rotatable bonds is 5. The zero-order chi connectivity index (χ0) is 18.1. The van der Waals surface area contributed by atoms with Crippen LogP contribution >= 0.6 is 0 Å². The number of hydrogen-bond donors (Lipinski definition) is 1. The van der Waals surface area contributed by atoms with E-state index < -0.39 is 0 Å². The SMILES string of the molecule is COc1cc(CCC(C)N2Cc3ccc4ccccc4c3C2)ccc1O. The molecule has 3 heteroatoms. The van der Waals surface area contributed by atoms with Crippen LogP contribution in [0, 0.1) is 0 Å². The van der Waals surface area contributed by atoms with Gasteiger partial charge in [-0.3, -0.25) is 4.90 Å². The second-order valence-electron chi connectivity index (χ2n) is 7.22. The second-order valence-corrected chi connectivity index (χ2v) is 7.22. The lowest BCUT2D eigenvalue weighted by atomic mass is 10.0. The lowest BCUT2D eigenvalue weighted by molar-refractivity contribution is 0.203. The molecule has 1 aliphatic heterocycles.